The Bertz CT molecular complexity index is 745. The molecule has 7 heteroatoms. The molecule has 0 unspecified atom stereocenters. The van der Waals surface area contributed by atoms with Gasteiger partial charge in [-0.3, -0.25) is 9.59 Å². The molecule has 2 heterocycles. The molecule has 0 bridgehead atoms. The van der Waals surface area contributed by atoms with Crippen LogP contribution in [-0.2, 0) is 20.7 Å². The van der Waals surface area contributed by atoms with Gasteiger partial charge in [0.1, 0.15) is 0 Å². The molecule has 0 aliphatic carbocycles. The van der Waals surface area contributed by atoms with E-state index in [1.165, 1.54) is 11.3 Å². The summed E-state index contributed by atoms with van der Waals surface area (Å²) in [5, 5.41) is 3.72. The summed E-state index contributed by atoms with van der Waals surface area (Å²) >= 11 is 1.49. The van der Waals surface area contributed by atoms with Gasteiger partial charge in [0.2, 0.25) is 5.78 Å². The van der Waals surface area contributed by atoms with Crippen LogP contribution in [0.1, 0.15) is 44.6 Å². The minimum absolute atomic E-state index is 0.118. The van der Waals surface area contributed by atoms with Crippen LogP contribution in [0.5, 0.6) is 0 Å². The van der Waals surface area contributed by atoms with E-state index in [-0.39, 0.29) is 24.2 Å². The number of nitrogens with one attached hydrogen (secondary N) is 1. The van der Waals surface area contributed by atoms with E-state index in [0.717, 1.165) is 5.56 Å². The maximum Gasteiger partial charge on any atom is 0.340 e. The molecule has 0 aromatic carbocycles. The molecule has 0 atom stereocenters. The number of aryl methyl sites for hydroxylation is 2. The Morgan fingerprint density at radius 2 is 1.83 bits per heavy atom. The SMILES string of the molecule is CCOC(=O)c1c(C)[nH]c(C)c1C(=O)COC(=O)Cc1ccsc1. The molecule has 1 N–H and O–H groups in total. The van der Waals surface area contributed by atoms with Crippen LogP contribution in [0.2, 0.25) is 0 Å². The van der Waals surface area contributed by atoms with Crippen molar-refractivity contribution in [3.8, 4) is 0 Å². The Kier molecular flexibility index (Phi) is 5.92. The maximum absolute atomic E-state index is 12.4. The average Bonchev–Trinajstić information content (AvgIpc) is 3.12. The van der Waals surface area contributed by atoms with Crippen molar-refractivity contribution in [2.75, 3.05) is 13.2 Å². The lowest BCUT2D eigenvalue weighted by Gasteiger charge is -2.07. The van der Waals surface area contributed by atoms with Crippen LogP contribution in [0.15, 0.2) is 16.8 Å². The van der Waals surface area contributed by atoms with Gasteiger partial charge in [-0.05, 0) is 43.2 Å². The lowest BCUT2D eigenvalue weighted by molar-refractivity contribution is -0.141. The van der Waals surface area contributed by atoms with Crippen LogP contribution >= 0.6 is 11.3 Å². The van der Waals surface area contributed by atoms with Crippen LogP contribution < -0.4 is 0 Å². The fourth-order valence-corrected chi connectivity index (χ4v) is 3.09. The average molecular weight is 349 g/mol. The van der Waals surface area contributed by atoms with Gasteiger partial charge in [0.05, 0.1) is 24.2 Å². The first-order valence-electron chi connectivity index (χ1n) is 7.50. The number of hydrogen-bond donors (Lipinski definition) is 1. The summed E-state index contributed by atoms with van der Waals surface area (Å²) in [6.07, 6.45) is 0.118. The zero-order valence-corrected chi connectivity index (χ0v) is 14.6. The largest absolute Gasteiger partial charge is 0.462 e. The molecule has 6 nitrogen and oxygen atoms in total. The Hall–Kier alpha value is -2.41. The normalized spacial score (nSPS) is 10.5. The fraction of sp³-hybridized carbons (Fsp3) is 0.353. The molecular formula is C17H19NO5S. The number of rotatable bonds is 7. The zero-order chi connectivity index (χ0) is 17.7. The summed E-state index contributed by atoms with van der Waals surface area (Å²) in [5.74, 6) is -1.48. The minimum atomic E-state index is -0.563. The Morgan fingerprint density at radius 1 is 1.12 bits per heavy atom. The molecule has 0 saturated heterocycles. The van der Waals surface area contributed by atoms with Crippen LogP contribution in [0.4, 0.5) is 0 Å². The highest BCUT2D eigenvalue weighted by atomic mass is 32.1. The number of ether oxygens (including phenoxy) is 2. The summed E-state index contributed by atoms with van der Waals surface area (Å²) in [7, 11) is 0. The molecule has 0 radical (unpaired) electrons. The molecule has 2 aromatic rings. The molecule has 0 amide bonds. The molecular weight excluding hydrogens is 330 g/mol. The van der Waals surface area contributed by atoms with Gasteiger partial charge in [0.25, 0.3) is 0 Å². The third-order valence-electron chi connectivity index (χ3n) is 3.43. The number of carbonyl (C=O) groups excluding carboxylic acids is 3. The molecule has 0 fully saturated rings. The molecule has 128 valence electrons. The number of H-pyrrole nitrogens is 1. The highest BCUT2D eigenvalue weighted by Crippen LogP contribution is 2.20. The third kappa shape index (κ3) is 4.11. The Morgan fingerprint density at radius 3 is 2.46 bits per heavy atom. The standard InChI is InChI=1S/C17H19NO5S/c1-4-22-17(21)16-11(3)18-10(2)15(16)13(19)8-23-14(20)7-12-5-6-24-9-12/h5-6,9,18H,4,7-8H2,1-3H3. The van der Waals surface area contributed by atoms with Crippen LogP contribution in [0.25, 0.3) is 0 Å². The van der Waals surface area contributed by atoms with Gasteiger partial charge in [-0.1, -0.05) is 0 Å². The maximum atomic E-state index is 12.4. The number of thiophene rings is 1. The second-order valence-corrected chi connectivity index (χ2v) is 6.02. The lowest BCUT2D eigenvalue weighted by Crippen LogP contribution is -2.18. The Labute approximate surface area is 143 Å². The number of carbonyl (C=O) groups is 3. The second-order valence-electron chi connectivity index (χ2n) is 5.24. The first kappa shape index (κ1) is 17.9. The zero-order valence-electron chi connectivity index (χ0n) is 13.8. The van der Waals surface area contributed by atoms with Crippen molar-refractivity contribution < 1.29 is 23.9 Å². The first-order chi connectivity index (χ1) is 11.4. The minimum Gasteiger partial charge on any atom is -0.462 e. The van der Waals surface area contributed by atoms with Crippen molar-refractivity contribution in [3.63, 3.8) is 0 Å². The summed E-state index contributed by atoms with van der Waals surface area (Å²) in [6, 6.07) is 1.83. The van der Waals surface area contributed by atoms with E-state index < -0.39 is 24.3 Å². The molecule has 0 aliphatic heterocycles. The number of Topliss-reactive ketones (excluding diaryl/α,β-unsaturated/α-hetero) is 1. The van der Waals surface area contributed by atoms with E-state index in [1.807, 2.05) is 16.8 Å². The van der Waals surface area contributed by atoms with Crippen molar-refractivity contribution in [2.24, 2.45) is 0 Å². The van der Waals surface area contributed by atoms with E-state index in [1.54, 1.807) is 20.8 Å². The molecule has 24 heavy (non-hydrogen) atoms. The van der Waals surface area contributed by atoms with Gasteiger partial charge in [-0.15, -0.1) is 0 Å². The summed E-state index contributed by atoms with van der Waals surface area (Å²) < 4.78 is 10.0. The van der Waals surface area contributed by atoms with E-state index in [4.69, 9.17) is 9.47 Å². The van der Waals surface area contributed by atoms with Crippen molar-refractivity contribution >= 4 is 29.1 Å². The molecule has 0 saturated carbocycles. The van der Waals surface area contributed by atoms with E-state index >= 15 is 0 Å². The van der Waals surface area contributed by atoms with Gasteiger partial charge >= 0.3 is 11.9 Å². The van der Waals surface area contributed by atoms with Crippen LogP contribution in [0.3, 0.4) is 0 Å². The molecule has 0 aliphatic rings. The highest BCUT2D eigenvalue weighted by molar-refractivity contribution is 7.07. The number of esters is 2. The van der Waals surface area contributed by atoms with E-state index in [9.17, 15) is 14.4 Å². The third-order valence-corrected chi connectivity index (χ3v) is 4.16. The van der Waals surface area contributed by atoms with Gasteiger partial charge in [-0.25, -0.2) is 4.79 Å². The smallest absolute Gasteiger partial charge is 0.340 e. The summed E-state index contributed by atoms with van der Waals surface area (Å²) in [5.41, 5.74) is 2.37. The molecule has 2 rings (SSSR count). The van der Waals surface area contributed by atoms with Gasteiger partial charge < -0.3 is 14.5 Å². The number of ketones is 1. The summed E-state index contributed by atoms with van der Waals surface area (Å²) in [6.45, 7) is 4.88. The monoisotopic (exact) mass is 349 g/mol. The molecule has 0 spiro atoms. The predicted molar refractivity (Wildman–Crippen MR) is 89.5 cm³/mol. The molecule has 2 aromatic heterocycles. The van der Waals surface area contributed by atoms with Crippen molar-refractivity contribution in [1.82, 2.24) is 4.98 Å². The second kappa shape index (κ2) is 7.92. The van der Waals surface area contributed by atoms with Crippen LogP contribution in [0, 0.1) is 13.8 Å². The number of aromatic nitrogens is 1. The number of aromatic amines is 1. The van der Waals surface area contributed by atoms with E-state index in [2.05, 4.69) is 4.98 Å². The fourth-order valence-electron chi connectivity index (χ4n) is 2.42. The Balaban J connectivity index is 2.06. The van der Waals surface area contributed by atoms with Crippen LogP contribution in [-0.4, -0.2) is 35.9 Å². The number of hydrogen-bond acceptors (Lipinski definition) is 6. The van der Waals surface area contributed by atoms with Crippen molar-refractivity contribution in [1.29, 1.82) is 0 Å². The van der Waals surface area contributed by atoms with Crippen molar-refractivity contribution in [3.05, 3.63) is 44.9 Å². The van der Waals surface area contributed by atoms with Gasteiger partial charge in [0.15, 0.2) is 6.61 Å². The quantitative estimate of drug-likeness (QED) is 0.614. The predicted octanol–water partition coefficient (Wildman–Crippen LogP) is 2.84. The first-order valence-corrected chi connectivity index (χ1v) is 8.44. The van der Waals surface area contributed by atoms with Gasteiger partial charge in [-0.2, -0.15) is 11.3 Å². The highest BCUT2D eigenvalue weighted by Gasteiger charge is 2.26. The van der Waals surface area contributed by atoms with Crippen molar-refractivity contribution in [2.45, 2.75) is 27.2 Å². The topological polar surface area (TPSA) is 85.5 Å². The van der Waals surface area contributed by atoms with Gasteiger partial charge in [0, 0.05) is 11.4 Å². The van der Waals surface area contributed by atoms with E-state index in [0.29, 0.717) is 11.4 Å². The lowest BCUT2D eigenvalue weighted by atomic mass is 10.1. The summed E-state index contributed by atoms with van der Waals surface area (Å²) in [4.78, 5) is 39.2.